The minimum absolute atomic E-state index is 0.242. The minimum Gasteiger partial charge on any atom is -0.324 e. The van der Waals surface area contributed by atoms with Gasteiger partial charge in [0, 0.05) is 10.7 Å². The van der Waals surface area contributed by atoms with E-state index in [0.29, 0.717) is 10.7 Å². The fraction of sp³-hybridized carbons (Fsp3) is 0.167. The molecule has 2 atom stereocenters. The van der Waals surface area contributed by atoms with Crippen molar-refractivity contribution in [1.29, 1.82) is 0 Å². The van der Waals surface area contributed by atoms with Crippen LogP contribution in [0.15, 0.2) is 58.9 Å². The molecule has 10 heteroatoms. The number of carbonyl (C=O) groups is 3. The number of anilines is 2. The summed E-state index contributed by atoms with van der Waals surface area (Å²) < 4.78 is 13.1. The molecule has 0 aliphatic carbocycles. The lowest BCUT2D eigenvalue weighted by molar-refractivity contribution is -0.123. The Kier molecular flexibility index (Phi) is 4.52. The van der Waals surface area contributed by atoms with Crippen LogP contribution in [0, 0.1) is 5.82 Å². The molecule has 3 amide bonds. The number of nitrogens with zero attached hydrogens (tertiary/aromatic N) is 4. The van der Waals surface area contributed by atoms with Gasteiger partial charge in [0.1, 0.15) is 12.4 Å². The highest BCUT2D eigenvalue weighted by Crippen LogP contribution is 2.31. The van der Waals surface area contributed by atoms with Crippen LogP contribution in [0.5, 0.6) is 0 Å². The van der Waals surface area contributed by atoms with Gasteiger partial charge in [-0.25, -0.2) is 9.29 Å². The molecule has 0 aromatic heterocycles. The molecule has 4 rings (SSSR count). The van der Waals surface area contributed by atoms with Gasteiger partial charge in [0.25, 0.3) is 11.8 Å². The van der Waals surface area contributed by atoms with E-state index in [4.69, 9.17) is 11.6 Å². The number of hydrogen-bond donors (Lipinski definition) is 1. The van der Waals surface area contributed by atoms with Crippen LogP contribution in [0.3, 0.4) is 0 Å². The van der Waals surface area contributed by atoms with Crippen LogP contribution in [0.25, 0.3) is 0 Å². The Hall–Kier alpha value is -3.33. The van der Waals surface area contributed by atoms with E-state index in [9.17, 15) is 18.8 Å². The third kappa shape index (κ3) is 3.20. The van der Waals surface area contributed by atoms with Gasteiger partial charge in [-0.05, 0) is 48.5 Å². The van der Waals surface area contributed by atoms with Gasteiger partial charge < -0.3 is 5.32 Å². The minimum atomic E-state index is -1.03. The number of rotatable bonds is 4. The number of hydrogen-bond acceptors (Lipinski definition) is 6. The molecule has 8 nitrogen and oxygen atoms in total. The van der Waals surface area contributed by atoms with Crippen LogP contribution in [-0.4, -0.2) is 41.4 Å². The smallest absolute Gasteiger partial charge is 0.263 e. The maximum Gasteiger partial charge on any atom is 0.263 e. The van der Waals surface area contributed by atoms with E-state index in [1.165, 1.54) is 17.1 Å². The summed E-state index contributed by atoms with van der Waals surface area (Å²) in [4.78, 5) is 38.6. The molecule has 0 spiro atoms. The van der Waals surface area contributed by atoms with Gasteiger partial charge in [-0.3, -0.25) is 19.4 Å². The molecule has 28 heavy (non-hydrogen) atoms. The number of benzene rings is 2. The van der Waals surface area contributed by atoms with E-state index in [2.05, 4.69) is 15.7 Å². The van der Waals surface area contributed by atoms with Crippen LogP contribution >= 0.6 is 11.6 Å². The van der Waals surface area contributed by atoms with Gasteiger partial charge in [-0.2, -0.15) is 5.11 Å². The summed E-state index contributed by atoms with van der Waals surface area (Å²) in [7, 11) is 0. The Balaban J connectivity index is 1.48. The molecular formula is C18H13ClFN5O3. The molecule has 2 aliphatic heterocycles. The molecule has 1 fully saturated rings. The van der Waals surface area contributed by atoms with Crippen LogP contribution in [0.4, 0.5) is 15.8 Å². The number of nitrogens with one attached hydrogen (secondary N) is 1. The predicted molar refractivity (Wildman–Crippen MR) is 98.1 cm³/mol. The first-order chi connectivity index (χ1) is 13.4. The maximum absolute atomic E-state index is 13.1. The number of fused-ring (bicyclic) bond motifs is 1. The summed E-state index contributed by atoms with van der Waals surface area (Å²) >= 11 is 5.81. The Morgan fingerprint density at radius 1 is 1.07 bits per heavy atom. The normalized spacial score (nSPS) is 20.6. The monoisotopic (exact) mass is 401 g/mol. The Labute approximate surface area is 163 Å². The van der Waals surface area contributed by atoms with E-state index in [1.807, 2.05) is 0 Å². The third-order valence-corrected chi connectivity index (χ3v) is 4.63. The van der Waals surface area contributed by atoms with Crippen molar-refractivity contribution in [1.82, 2.24) is 5.01 Å². The average molecular weight is 402 g/mol. The maximum atomic E-state index is 13.1. The highest BCUT2D eigenvalue weighted by Gasteiger charge is 2.55. The van der Waals surface area contributed by atoms with E-state index >= 15 is 0 Å². The van der Waals surface area contributed by atoms with Crippen molar-refractivity contribution in [2.24, 2.45) is 10.3 Å². The number of halogens is 2. The molecule has 0 unspecified atom stereocenters. The van der Waals surface area contributed by atoms with Crippen molar-refractivity contribution >= 4 is 40.7 Å². The summed E-state index contributed by atoms with van der Waals surface area (Å²) in [6, 6.07) is 9.47. The van der Waals surface area contributed by atoms with Gasteiger partial charge in [0.05, 0.1) is 5.69 Å². The van der Waals surface area contributed by atoms with Crippen molar-refractivity contribution in [2.75, 3.05) is 16.8 Å². The molecule has 0 saturated carbocycles. The van der Waals surface area contributed by atoms with Crippen LogP contribution in [-0.2, 0) is 14.4 Å². The zero-order valence-corrected chi connectivity index (χ0v) is 15.0. The molecule has 2 heterocycles. The molecule has 0 radical (unpaired) electrons. The first kappa shape index (κ1) is 18.1. The molecule has 2 aliphatic rings. The zero-order chi connectivity index (χ0) is 19.8. The van der Waals surface area contributed by atoms with E-state index in [1.54, 1.807) is 24.3 Å². The van der Waals surface area contributed by atoms with Crippen molar-refractivity contribution in [3.8, 4) is 0 Å². The summed E-state index contributed by atoms with van der Waals surface area (Å²) in [5.41, 5.74) is 0.774. The highest BCUT2D eigenvalue weighted by atomic mass is 35.5. The van der Waals surface area contributed by atoms with Gasteiger partial charge in [-0.15, -0.1) is 0 Å². The fourth-order valence-electron chi connectivity index (χ4n) is 3.08. The fourth-order valence-corrected chi connectivity index (χ4v) is 3.21. The molecule has 142 valence electrons. The molecule has 1 N–H and O–H groups in total. The number of imide groups is 1. The lowest BCUT2D eigenvalue weighted by atomic mass is 10.1. The van der Waals surface area contributed by atoms with Gasteiger partial charge in [-0.1, -0.05) is 16.8 Å². The molecule has 2 aromatic carbocycles. The van der Waals surface area contributed by atoms with E-state index in [0.717, 1.165) is 17.0 Å². The average Bonchev–Trinajstić information content (AvgIpc) is 3.18. The lowest BCUT2D eigenvalue weighted by Crippen LogP contribution is -2.43. The summed E-state index contributed by atoms with van der Waals surface area (Å²) in [5.74, 6) is -2.04. The van der Waals surface area contributed by atoms with Crippen molar-refractivity contribution in [2.45, 2.75) is 12.1 Å². The number of amides is 3. The quantitative estimate of drug-likeness (QED) is 0.796. The van der Waals surface area contributed by atoms with Crippen molar-refractivity contribution in [3.05, 3.63) is 59.4 Å². The van der Waals surface area contributed by atoms with Crippen LogP contribution in [0.1, 0.15) is 0 Å². The molecule has 2 aromatic rings. The largest absolute Gasteiger partial charge is 0.324 e. The first-order valence-corrected chi connectivity index (χ1v) is 8.68. The zero-order valence-electron chi connectivity index (χ0n) is 14.3. The summed E-state index contributed by atoms with van der Waals surface area (Å²) in [6.07, 6.45) is 0. The SMILES string of the molecule is O=C(CN1N=N[C@@H]2C(=O)N(c3ccc(F)cc3)C(=O)[C@@H]21)Nc1ccc(Cl)cc1. The second-order valence-corrected chi connectivity index (χ2v) is 6.67. The molecular weight excluding hydrogens is 389 g/mol. The Morgan fingerprint density at radius 2 is 1.75 bits per heavy atom. The second kappa shape index (κ2) is 7.01. The molecule has 1 saturated heterocycles. The van der Waals surface area contributed by atoms with Crippen LogP contribution < -0.4 is 10.2 Å². The van der Waals surface area contributed by atoms with Gasteiger partial charge >= 0.3 is 0 Å². The van der Waals surface area contributed by atoms with E-state index in [-0.39, 0.29) is 12.2 Å². The highest BCUT2D eigenvalue weighted by molar-refractivity contribution is 6.30. The van der Waals surface area contributed by atoms with E-state index < -0.39 is 35.6 Å². The standard InChI is InChI=1S/C18H13ClFN5O3/c19-10-1-5-12(6-2-10)21-14(26)9-24-16-15(22-23-24)17(27)25(18(16)28)13-7-3-11(20)4-8-13/h1-8,15-16H,9H2,(H,21,26)/t15-,16+/m0/s1. The lowest BCUT2D eigenvalue weighted by Gasteiger charge is -2.20. The Morgan fingerprint density at radius 3 is 2.43 bits per heavy atom. The van der Waals surface area contributed by atoms with Crippen molar-refractivity contribution in [3.63, 3.8) is 0 Å². The topological polar surface area (TPSA) is 94.4 Å². The third-order valence-electron chi connectivity index (χ3n) is 4.38. The predicted octanol–water partition coefficient (Wildman–Crippen LogP) is 2.41. The summed E-state index contributed by atoms with van der Waals surface area (Å²) in [5, 5.41) is 12.0. The summed E-state index contributed by atoms with van der Waals surface area (Å²) in [6.45, 7) is -0.260. The van der Waals surface area contributed by atoms with Crippen molar-refractivity contribution < 1.29 is 18.8 Å². The van der Waals surface area contributed by atoms with Gasteiger partial charge in [0.15, 0.2) is 12.1 Å². The second-order valence-electron chi connectivity index (χ2n) is 6.24. The Bertz CT molecular complexity index is 980. The number of carbonyl (C=O) groups excluding carboxylic acids is 3. The van der Waals surface area contributed by atoms with Crippen LogP contribution in [0.2, 0.25) is 5.02 Å². The van der Waals surface area contributed by atoms with Gasteiger partial charge in [0.2, 0.25) is 5.91 Å². The molecule has 0 bridgehead atoms. The first-order valence-electron chi connectivity index (χ1n) is 8.30.